The number of fused-ring (bicyclic) bond motifs is 1. The summed E-state index contributed by atoms with van der Waals surface area (Å²) in [6.45, 7) is 0.558. The molecule has 0 bridgehead atoms. The van der Waals surface area contributed by atoms with E-state index < -0.39 is 12.2 Å². The number of rotatable bonds is 0. The molecule has 1 saturated heterocycles. The van der Waals surface area contributed by atoms with Crippen LogP contribution in [0.25, 0.3) is 11.2 Å². The Hall–Kier alpha value is -1.48. The molecule has 0 radical (unpaired) electrons. The van der Waals surface area contributed by atoms with Gasteiger partial charge >= 0.3 is 0 Å². The minimum absolute atomic E-state index is 0.279. The fraction of sp³-hybridized carbons (Fsp3) is 0.500. The Bertz CT molecular complexity index is 487. The van der Waals surface area contributed by atoms with Crippen LogP contribution in [0.15, 0.2) is 12.7 Å². The van der Waals surface area contributed by atoms with Crippen LogP contribution in [-0.2, 0) is 4.74 Å². The highest BCUT2D eigenvalue weighted by molar-refractivity contribution is 6.15. The fourth-order valence-corrected chi connectivity index (χ4v) is 1.32. The van der Waals surface area contributed by atoms with E-state index >= 15 is 0 Å². The molecule has 3 rings (SSSR count). The minimum Gasteiger partial charge on any atom is -0.388 e. The summed E-state index contributed by atoms with van der Waals surface area (Å²) < 4.78 is 4.67. The number of H-pyrrole nitrogens is 1. The van der Waals surface area contributed by atoms with E-state index in [4.69, 9.17) is 15.9 Å². The first-order chi connectivity index (χ1) is 9.18. The largest absolute Gasteiger partial charge is 0.388 e. The number of imidazole rings is 1. The summed E-state index contributed by atoms with van der Waals surface area (Å²) in [6, 6.07) is 0. The van der Waals surface area contributed by atoms with Gasteiger partial charge in [0.1, 0.15) is 24.1 Å². The summed E-state index contributed by atoms with van der Waals surface area (Å²) in [5.41, 5.74) is 6.78. The van der Waals surface area contributed by atoms with Gasteiger partial charge < -0.3 is 25.7 Å². The second-order valence-corrected chi connectivity index (χ2v) is 3.53. The number of nitrogens with zero attached hydrogens (tertiary/aromatic N) is 3. The number of aromatic nitrogens is 4. The first-order valence-electron chi connectivity index (χ1n) is 5.39. The van der Waals surface area contributed by atoms with Crippen LogP contribution in [0.5, 0.6) is 0 Å². The van der Waals surface area contributed by atoms with Crippen molar-refractivity contribution in [2.75, 3.05) is 25.3 Å². The number of aliphatic hydroxyl groups is 2. The van der Waals surface area contributed by atoms with Crippen LogP contribution in [0.3, 0.4) is 0 Å². The number of alkyl halides is 1. The second kappa shape index (κ2) is 7.85. The van der Waals surface area contributed by atoms with Crippen molar-refractivity contribution in [3.05, 3.63) is 12.7 Å². The smallest absolute Gasteiger partial charge is 0.182 e. The molecule has 3 heterocycles. The number of hydrogen-bond donors (Lipinski definition) is 4. The summed E-state index contributed by atoms with van der Waals surface area (Å²) in [6.07, 6.45) is 3.09. The van der Waals surface area contributed by atoms with Crippen LogP contribution in [0.4, 0.5) is 5.82 Å². The maximum absolute atomic E-state index is 8.62. The molecule has 1 aliphatic heterocycles. The lowest BCUT2D eigenvalue weighted by Crippen LogP contribution is -2.22. The van der Waals surface area contributed by atoms with Gasteiger partial charge in [-0.25, -0.2) is 15.0 Å². The van der Waals surface area contributed by atoms with Crippen molar-refractivity contribution in [1.29, 1.82) is 0 Å². The second-order valence-electron chi connectivity index (χ2n) is 3.53. The molecule has 9 heteroatoms. The number of nitrogens with one attached hydrogen (secondary N) is 1. The third-order valence-corrected chi connectivity index (χ3v) is 2.27. The molecule has 19 heavy (non-hydrogen) atoms. The van der Waals surface area contributed by atoms with Crippen LogP contribution in [-0.4, -0.2) is 62.0 Å². The number of anilines is 1. The van der Waals surface area contributed by atoms with Gasteiger partial charge in [-0.2, -0.15) is 0 Å². The van der Waals surface area contributed by atoms with E-state index in [0.717, 1.165) is 0 Å². The molecular formula is C10H16ClN5O3. The third kappa shape index (κ3) is 4.28. The average Bonchev–Trinajstić information content (AvgIpc) is 3.04. The molecule has 0 amide bonds. The Labute approximate surface area is 114 Å². The maximum Gasteiger partial charge on any atom is 0.182 e. The molecule has 1 fully saturated rings. The molecular weight excluding hydrogens is 274 g/mol. The van der Waals surface area contributed by atoms with Gasteiger partial charge in [0.2, 0.25) is 0 Å². The van der Waals surface area contributed by atoms with Crippen molar-refractivity contribution in [3.8, 4) is 0 Å². The van der Waals surface area contributed by atoms with Crippen molar-refractivity contribution in [2.24, 2.45) is 0 Å². The highest BCUT2D eigenvalue weighted by Crippen LogP contribution is 2.09. The number of halogens is 1. The zero-order chi connectivity index (χ0) is 14.3. The van der Waals surface area contributed by atoms with Crippen LogP contribution >= 0.6 is 11.6 Å². The molecule has 0 aliphatic carbocycles. The molecule has 1 aliphatic rings. The molecule has 2 atom stereocenters. The number of hydrogen-bond acceptors (Lipinski definition) is 7. The standard InChI is InChI=1S/C5H5N5.C4H8O3.CH3Cl/c6-4-3-5(9-1-7-3)10-2-8-4;5-3-1-7-2-4(3)6;1-2/h1-2H,(H3,6,7,8,9,10);3-6H,1-2H2;1H3. The van der Waals surface area contributed by atoms with E-state index in [0.29, 0.717) is 17.0 Å². The molecule has 106 valence electrons. The predicted molar refractivity (Wildman–Crippen MR) is 70.7 cm³/mol. The first-order valence-corrected chi connectivity index (χ1v) is 6.15. The molecule has 8 nitrogen and oxygen atoms in total. The predicted octanol–water partition coefficient (Wildman–Crippen LogP) is -0.472. The number of aliphatic hydroxyl groups excluding tert-OH is 2. The van der Waals surface area contributed by atoms with Gasteiger partial charge in [0.15, 0.2) is 11.5 Å². The highest BCUT2D eigenvalue weighted by Gasteiger charge is 2.22. The average molecular weight is 290 g/mol. The Morgan fingerprint density at radius 1 is 1.26 bits per heavy atom. The number of nitrogens with two attached hydrogens (primary N) is 1. The van der Waals surface area contributed by atoms with Crippen LogP contribution in [0, 0.1) is 0 Å². The van der Waals surface area contributed by atoms with Crippen molar-refractivity contribution < 1.29 is 14.9 Å². The Morgan fingerprint density at radius 2 is 1.89 bits per heavy atom. The maximum atomic E-state index is 8.62. The van der Waals surface area contributed by atoms with Gasteiger partial charge in [0.25, 0.3) is 0 Å². The molecule has 2 aromatic rings. The molecule has 5 N–H and O–H groups in total. The van der Waals surface area contributed by atoms with Crippen molar-refractivity contribution in [3.63, 3.8) is 0 Å². The van der Waals surface area contributed by atoms with Crippen LogP contribution in [0.1, 0.15) is 0 Å². The van der Waals surface area contributed by atoms with Crippen molar-refractivity contribution >= 4 is 28.6 Å². The fourth-order valence-electron chi connectivity index (χ4n) is 1.32. The summed E-state index contributed by atoms with van der Waals surface area (Å²) >= 11 is 4.64. The minimum atomic E-state index is -0.653. The van der Waals surface area contributed by atoms with E-state index in [-0.39, 0.29) is 13.2 Å². The van der Waals surface area contributed by atoms with E-state index in [1.165, 1.54) is 19.0 Å². The third-order valence-electron chi connectivity index (χ3n) is 2.27. The molecule has 0 saturated carbocycles. The quantitative estimate of drug-likeness (QED) is 0.482. The van der Waals surface area contributed by atoms with Gasteiger partial charge in [-0.1, -0.05) is 0 Å². The monoisotopic (exact) mass is 289 g/mol. The zero-order valence-electron chi connectivity index (χ0n) is 10.3. The normalized spacial score (nSPS) is 21.3. The summed E-state index contributed by atoms with van der Waals surface area (Å²) in [5.74, 6) is 0.433. The van der Waals surface area contributed by atoms with Crippen LogP contribution in [0.2, 0.25) is 0 Å². The van der Waals surface area contributed by atoms with Crippen molar-refractivity contribution in [1.82, 2.24) is 19.9 Å². The Balaban J connectivity index is 0.000000177. The lowest BCUT2D eigenvalue weighted by molar-refractivity contribution is 0.0572. The lowest BCUT2D eigenvalue weighted by Gasteiger charge is -2.00. The topological polar surface area (TPSA) is 130 Å². The van der Waals surface area contributed by atoms with Crippen molar-refractivity contribution in [2.45, 2.75) is 12.2 Å². The Kier molecular flexibility index (Phi) is 6.43. The number of aromatic amines is 1. The molecule has 2 unspecified atom stereocenters. The van der Waals surface area contributed by atoms with E-state index in [1.807, 2.05) is 0 Å². The van der Waals surface area contributed by atoms with E-state index in [9.17, 15) is 0 Å². The van der Waals surface area contributed by atoms with Crippen LogP contribution < -0.4 is 5.73 Å². The summed E-state index contributed by atoms with van der Waals surface area (Å²) in [4.78, 5) is 14.4. The zero-order valence-corrected chi connectivity index (χ0v) is 11.1. The summed E-state index contributed by atoms with van der Waals surface area (Å²) in [5, 5.41) is 17.2. The lowest BCUT2D eigenvalue weighted by atomic mass is 10.3. The van der Waals surface area contributed by atoms with Gasteiger partial charge in [0, 0.05) is 6.38 Å². The van der Waals surface area contributed by atoms with Gasteiger partial charge in [-0.15, -0.1) is 11.6 Å². The van der Waals surface area contributed by atoms with E-state index in [2.05, 4.69) is 36.3 Å². The summed E-state index contributed by atoms with van der Waals surface area (Å²) in [7, 11) is 0. The number of ether oxygens (including phenoxy) is 1. The molecule has 0 aromatic carbocycles. The SMILES string of the molecule is CCl.Nc1ncnc2nc[nH]c12.OC1COCC1O. The molecule has 2 aromatic heterocycles. The molecule has 0 spiro atoms. The van der Waals surface area contributed by atoms with Gasteiger partial charge in [-0.3, -0.25) is 0 Å². The van der Waals surface area contributed by atoms with Gasteiger partial charge in [-0.05, 0) is 0 Å². The first kappa shape index (κ1) is 15.6. The van der Waals surface area contributed by atoms with E-state index in [1.54, 1.807) is 0 Å². The highest BCUT2D eigenvalue weighted by atomic mass is 35.5. The van der Waals surface area contributed by atoms with Gasteiger partial charge in [0.05, 0.1) is 19.5 Å². The Morgan fingerprint density at radius 3 is 2.37 bits per heavy atom. The number of nitrogen functional groups attached to an aromatic ring is 1.